The van der Waals surface area contributed by atoms with Crippen LogP contribution in [0.4, 0.5) is 5.69 Å². The van der Waals surface area contributed by atoms with E-state index in [1.165, 1.54) is 12.8 Å². The molecule has 0 bridgehead atoms. The molecule has 118 valence electrons. The van der Waals surface area contributed by atoms with Gasteiger partial charge in [0.2, 0.25) is 0 Å². The van der Waals surface area contributed by atoms with Crippen LogP contribution >= 0.6 is 11.6 Å². The lowest BCUT2D eigenvalue weighted by molar-refractivity contribution is 0.371. The molecule has 22 heavy (non-hydrogen) atoms. The van der Waals surface area contributed by atoms with Crippen LogP contribution in [0.5, 0.6) is 0 Å². The SMILES string of the molecule is CNC1CCC(Nc2cc(Cl)ncc2-c2ccn(C)n2)CC1. The van der Waals surface area contributed by atoms with Crippen LogP contribution in [0.25, 0.3) is 11.3 Å². The Labute approximate surface area is 136 Å². The minimum atomic E-state index is 0.477. The Hall–Kier alpha value is -1.59. The number of nitrogens with one attached hydrogen (secondary N) is 2. The smallest absolute Gasteiger partial charge is 0.131 e. The summed E-state index contributed by atoms with van der Waals surface area (Å²) in [5, 5.41) is 12.0. The maximum Gasteiger partial charge on any atom is 0.131 e. The van der Waals surface area contributed by atoms with Gasteiger partial charge in [-0.3, -0.25) is 4.68 Å². The highest BCUT2D eigenvalue weighted by atomic mass is 35.5. The molecule has 1 aliphatic rings. The van der Waals surface area contributed by atoms with Gasteiger partial charge in [-0.05, 0) is 44.9 Å². The van der Waals surface area contributed by atoms with Crippen LogP contribution in [0, 0.1) is 0 Å². The second-order valence-corrected chi connectivity index (χ2v) is 6.30. The molecule has 0 unspecified atom stereocenters. The van der Waals surface area contributed by atoms with Gasteiger partial charge in [-0.15, -0.1) is 0 Å². The number of hydrogen-bond acceptors (Lipinski definition) is 4. The van der Waals surface area contributed by atoms with Gasteiger partial charge in [-0.2, -0.15) is 5.10 Å². The highest BCUT2D eigenvalue weighted by Gasteiger charge is 2.21. The molecule has 0 aromatic carbocycles. The van der Waals surface area contributed by atoms with Gasteiger partial charge in [-0.1, -0.05) is 11.6 Å². The van der Waals surface area contributed by atoms with Crippen molar-refractivity contribution >= 4 is 17.3 Å². The standard InChI is InChI=1S/C16H22ClN5/c1-18-11-3-5-12(6-4-11)20-15-9-16(17)19-10-13(15)14-7-8-22(2)21-14/h7-12,18H,3-6H2,1-2H3,(H,19,20). The quantitative estimate of drug-likeness (QED) is 0.850. The molecule has 2 aromatic rings. The molecular formula is C16H22ClN5. The molecule has 3 rings (SSSR count). The van der Waals surface area contributed by atoms with Gasteiger partial charge in [0.15, 0.2) is 0 Å². The third-order valence-electron chi connectivity index (χ3n) is 4.36. The Morgan fingerprint density at radius 3 is 2.59 bits per heavy atom. The lowest BCUT2D eigenvalue weighted by atomic mass is 9.91. The van der Waals surface area contributed by atoms with E-state index >= 15 is 0 Å². The van der Waals surface area contributed by atoms with Crippen LogP contribution in [0.15, 0.2) is 24.5 Å². The van der Waals surface area contributed by atoms with Crippen LogP contribution in [0.2, 0.25) is 5.15 Å². The second-order valence-electron chi connectivity index (χ2n) is 5.91. The summed E-state index contributed by atoms with van der Waals surface area (Å²) in [4.78, 5) is 4.21. The van der Waals surface area contributed by atoms with Gasteiger partial charge in [-0.25, -0.2) is 4.98 Å². The van der Waals surface area contributed by atoms with Crippen molar-refractivity contribution in [3.63, 3.8) is 0 Å². The normalized spacial score (nSPS) is 21.8. The summed E-state index contributed by atoms with van der Waals surface area (Å²) in [6.07, 6.45) is 8.45. The van der Waals surface area contributed by atoms with Crippen molar-refractivity contribution in [1.29, 1.82) is 0 Å². The van der Waals surface area contributed by atoms with Crippen molar-refractivity contribution in [3.8, 4) is 11.3 Å². The van der Waals surface area contributed by atoms with Gasteiger partial charge in [0, 0.05) is 42.8 Å². The molecule has 0 spiro atoms. The summed E-state index contributed by atoms with van der Waals surface area (Å²) in [5.74, 6) is 0. The van der Waals surface area contributed by atoms with E-state index in [0.29, 0.717) is 17.2 Å². The Morgan fingerprint density at radius 2 is 1.95 bits per heavy atom. The molecule has 5 nitrogen and oxygen atoms in total. The molecule has 1 aliphatic carbocycles. The maximum absolute atomic E-state index is 6.09. The number of aryl methyl sites for hydroxylation is 1. The average Bonchev–Trinajstić information content (AvgIpc) is 2.94. The van der Waals surface area contributed by atoms with Crippen molar-refractivity contribution in [2.24, 2.45) is 7.05 Å². The van der Waals surface area contributed by atoms with Gasteiger partial charge >= 0.3 is 0 Å². The molecule has 0 amide bonds. The summed E-state index contributed by atoms with van der Waals surface area (Å²) < 4.78 is 1.80. The van der Waals surface area contributed by atoms with E-state index in [1.54, 1.807) is 10.9 Å². The summed E-state index contributed by atoms with van der Waals surface area (Å²) in [5.41, 5.74) is 2.94. The Morgan fingerprint density at radius 1 is 1.23 bits per heavy atom. The number of hydrogen-bond donors (Lipinski definition) is 2. The Kier molecular flexibility index (Phi) is 4.64. The van der Waals surface area contributed by atoms with Crippen LogP contribution in [0.1, 0.15) is 25.7 Å². The fourth-order valence-corrected chi connectivity index (χ4v) is 3.22. The van der Waals surface area contributed by atoms with Crippen molar-refractivity contribution < 1.29 is 0 Å². The first-order valence-electron chi connectivity index (χ1n) is 7.75. The van der Waals surface area contributed by atoms with Gasteiger partial charge in [0.1, 0.15) is 5.15 Å². The topological polar surface area (TPSA) is 54.8 Å². The number of nitrogens with zero attached hydrogens (tertiary/aromatic N) is 3. The highest BCUT2D eigenvalue weighted by Crippen LogP contribution is 2.30. The van der Waals surface area contributed by atoms with Crippen molar-refractivity contribution in [2.45, 2.75) is 37.8 Å². The average molecular weight is 320 g/mol. The lowest BCUT2D eigenvalue weighted by Crippen LogP contribution is -2.35. The summed E-state index contributed by atoms with van der Waals surface area (Å²) in [6.45, 7) is 0. The van der Waals surface area contributed by atoms with Gasteiger partial charge in [0.25, 0.3) is 0 Å². The minimum absolute atomic E-state index is 0.477. The first-order valence-corrected chi connectivity index (χ1v) is 8.13. The number of anilines is 1. The highest BCUT2D eigenvalue weighted by molar-refractivity contribution is 6.29. The predicted octanol–water partition coefficient (Wildman–Crippen LogP) is 3.08. The number of rotatable bonds is 4. The molecule has 2 N–H and O–H groups in total. The third kappa shape index (κ3) is 3.42. The fourth-order valence-electron chi connectivity index (χ4n) is 3.06. The molecule has 2 aromatic heterocycles. The summed E-state index contributed by atoms with van der Waals surface area (Å²) >= 11 is 6.09. The summed E-state index contributed by atoms with van der Waals surface area (Å²) in [7, 11) is 3.96. The first-order chi connectivity index (χ1) is 10.7. The fraction of sp³-hybridized carbons (Fsp3) is 0.500. The predicted molar refractivity (Wildman–Crippen MR) is 90.2 cm³/mol. The molecule has 1 saturated carbocycles. The Balaban J connectivity index is 1.79. The van der Waals surface area contributed by atoms with Crippen molar-refractivity contribution in [3.05, 3.63) is 29.7 Å². The van der Waals surface area contributed by atoms with E-state index in [1.807, 2.05) is 32.4 Å². The van der Waals surface area contributed by atoms with E-state index in [4.69, 9.17) is 11.6 Å². The monoisotopic (exact) mass is 319 g/mol. The van der Waals surface area contributed by atoms with Crippen LogP contribution in [0.3, 0.4) is 0 Å². The van der Waals surface area contributed by atoms with E-state index in [2.05, 4.69) is 20.7 Å². The van der Waals surface area contributed by atoms with E-state index in [0.717, 1.165) is 29.8 Å². The minimum Gasteiger partial charge on any atom is -0.382 e. The molecule has 6 heteroatoms. The lowest BCUT2D eigenvalue weighted by Gasteiger charge is -2.30. The van der Waals surface area contributed by atoms with E-state index in [9.17, 15) is 0 Å². The molecule has 2 heterocycles. The first kappa shape index (κ1) is 15.3. The molecule has 1 fully saturated rings. The number of pyridine rings is 1. The van der Waals surface area contributed by atoms with E-state index < -0.39 is 0 Å². The van der Waals surface area contributed by atoms with Crippen LogP contribution < -0.4 is 10.6 Å². The van der Waals surface area contributed by atoms with Crippen molar-refractivity contribution in [1.82, 2.24) is 20.1 Å². The van der Waals surface area contributed by atoms with Crippen LogP contribution in [-0.4, -0.2) is 33.9 Å². The van der Waals surface area contributed by atoms with E-state index in [-0.39, 0.29) is 0 Å². The van der Waals surface area contributed by atoms with Gasteiger partial charge in [0.05, 0.1) is 5.69 Å². The van der Waals surface area contributed by atoms with Crippen LogP contribution in [-0.2, 0) is 7.05 Å². The Bertz CT molecular complexity index is 631. The van der Waals surface area contributed by atoms with Gasteiger partial charge < -0.3 is 10.6 Å². The maximum atomic E-state index is 6.09. The third-order valence-corrected chi connectivity index (χ3v) is 4.56. The zero-order chi connectivity index (χ0) is 15.5. The zero-order valence-electron chi connectivity index (χ0n) is 13.0. The molecule has 0 aliphatic heterocycles. The molecular weight excluding hydrogens is 298 g/mol. The number of aromatic nitrogens is 3. The second kappa shape index (κ2) is 6.67. The van der Waals surface area contributed by atoms with Crippen molar-refractivity contribution in [2.75, 3.05) is 12.4 Å². The molecule has 0 radical (unpaired) electrons. The largest absolute Gasteiger partial charge is 0.382 e. The zero-order valence-corrected chi connectivity index (χ0v) is 13.8. The summed E-state index contributed by atoms with van der Waals surface area (Å²) in [6, 6.07) is 5.02. The molecule has 0 atom stereocenters. The molecule has 0 saturated heterocycles. The number of halogens is 1.